The van der Waals surface area contributed by atoms with Gasteiger partial charge in [-0.15, -0.1) is 0 Å². The third kappa shape index (κ3) is 3.74. The van der Waals surface area contributed by atoms with Crippen molar-refractivity contribution in [2.75, 3.05) is 11.9 Å². The second kappa shape index (κ2) is 6.74. The van der Waals surface area contributed by atoms with E-state index >= 15 is 0 Å². The molecule has 0 bridgehead atoms. The number of aromatic nitrogens is 2. The van der Waals surface area contributed by atoms with Crippen molar-refractivity contribution < 1.29 is 13.9 Å². The fourth-order valence-corrected chi connectivity index (χ4v) is 2.02. The molecule has 1 amide bonds. The Balaban J connectivity index is 1.57. The predicted molar refractivity (Wildman–Crippen MR) is 84.1 cm³/mol. The second-order valence-electron chi connectivity index (χ2n) is 4.76. The number of hydrogen-bond donors (Lipinski definition) is 1. The van der Waals surface area contributed by atoms with Gasteiger partial charge in [0, 0.05) is 18.1 Å². The van der Waals surface area contributed by atoms with E-state index in [1.807, 2.05) is 24.4 Å². The van der Waals surface area contributed by atoms with Crippen LogP contribution in [0, 0.1) is 5.82 Å². The number of amides is 1. The van der Waals surface area contributed by atoms with E-state index in [2.05, 4.69) is 10.4 Å². The lowest BCUT2D eigenvalue weighted by Crippen LogP contribution is -2.20. The zero-order chi connectivity index (χ0) is 16.1. The van der Waals surface area contributed by atoms with Crippen LogP contribution in [0.5, 0.6) is 5.75 Å². The molecule has 0 fully saturated rings. The summed E-state index contributed by atoms with van der Waals surface area (Å²) in [6.45, 7) is -0.262. The largest absolute Gasteiger partial charge is 0.481 e. The van der Waals surface area contributed by atoms with Gasteiger partial charge in [-0.2, -0.15) is 5.10 Å². The summed E-state index contributed by atoms with van der Waals surface area (Å²) in [4.78, 5) is 11.8. The molecule has 0 radical (unpaired) electrons. The summed E-state index contributed by atoms with van der Waals surface area (Å²) < 4.78 is 20.2. The first-order chi connectivity index (χ1) is 11.2. The van der Waals surface area contributed by atoms with Gasteiger partial charge in [0.25, 0.3) is 5.91 Å². The fourth-order valence-electron chi connectivity index (χ4n) is 2.02. The van der Waals surface area contributed by atoms with Gasteiger partial charge in [0.15, 0.2) is 18.2 Å². The molecule has 3 rings (SSSR count). The van der Waals surface area contributed by atoms with Gasteiger partial charge in [-0.25, -0.2) is 9.07 Å². The average Bonchev–Trinajstić information content (AvgIpc) is 3.09. The van der Waals surface area contributed by atoms with Crippen molar-refractivity contribution in [2.45, 2.75) is 0 Å². The van der Waals surface area contributed by atoms with Crippen molar-refractivity contribution in [3.8, 4) is 11.4 Å². The number of carbonyl (C=O) groups is 1. The maximum absolute atomic E-state index is 13.4. The van der Waals surface area contributed by atoms with Crippen molar-refractivity contribution >= 4 is 11.6 Å². The Labute approximate surface area is 132 Å². The first kappa shape index (κ1) is 14.8. The lowest BCUT2D eigenvalue weighted by atomic mass is 10.3. The number of halogens is 1. The molecule has 0 aliphatic heterocycles. The van der Waals surface area contributed by atoms with Crippen molar-refractivity contribution in [3.05, 3.63) is 72.8 Å². The Bertz CT molecular complexity index is 786. The normalized spacial score (nSPS) is 10.3. The summed E-state index contributed by atoms with van der Waals surface area (Å²) >= 11 is 0. The topological polar surface area (TPSA) is 56.1 Å². The molecular formula is C17H14FN3O2. The first-order valence-electron chi connectivity index (χ1n) is 6.99. The molecule has 0 spiro atoms. The molecule has 5 nitrogen and oxygen atoms in total. The van der Waals surface area contributed by atoms with Gasteiger partial charge in [-0.3, -0.25) is 4.79 Å². The third-order valence-corrected chi connectivity index (χ3v) is 3.12. The number of ether oxygens (including phenoxy) is 1. The Hall–Kier alpha value is -3.15. The molecule has 1 aromatic heterocycles. The van der Waals surface area contributed by atoms with Gasteiger partial charge >= 0.3 is 0 Å². The van der Waals surface area contributed by atoms with Crippen molar-refractivity contribution in [1.82, 2.24) is 9.78 Å². The Morgan fingerprint density at radius 1 is 1.13 bits per heavy atom. The number of para-hydroxylation sites is 1. The molecule has 0 aliphatic rings. The molecule has 0 aliphatic carbocycles. The molecule has 3 aromatic rings. The van der Waals surface area contributed by atoms with Gasteiger partial charge in [0.05, 0.1) is 5.69 Å². The minimum absolute atomic E-state index is 0.0525. The van der Waals surface area contributed by atoms with Crippen LogP contribution in [-0.4, -0.2) is 22.3 Å². The summed E-state index contributed by atoms with van der Waals surface area (Å²) in [6.07, 6.45) is 3.52. The predicted octanol–water partition coefficient (Wildman–Crippen LogP) is 3.03. The van der Waals surface area contributed by atoms with Crippen molar-refractivity contribution in [1.29, 1.82) is 0 Å². The van der Waals surface area contributed by atoms with Crippen molar-refractivity contribution in [3.63, 3.8) is 0 Å². The number of carbonyl (C=O) groups excluding carboxylic acids is 1. The highest BCUT2D eigenvalue weighted by Crippen LogP contribution is 2.16. The van der Waals surface area contributed by atoms with Crippen LogP contribution >= 0.6 is 0 Å². The van der Waals surface area contributed by atoms with E-state index in [1.165, 1.54) is 12.1 Å². The van der Waals surface area contributed by atoms with E-state index in [1.54, 1.807) is 35.1 Å². The highest BCUT2D eigenvalue weighted by Gasteiger charge is 2.07. The van der Waals surface area contributed by atoms with E-state index in [9.17, 15) is 9.18 Å². The molecule has 2 aromatic carbocycles. The molecule has 116 valence electrons. The minimum Gasteiger partial charge on any atom is -0.481 e. The van der Waals surface area contributed by atoms with E-state index in [4.69, 9.17) is 4.74 Å². The molecule has 0 unspecified atom stereocenters. The van der Waals surface area contributed by atoms with Crippen LogP contribution < -0.4 is 10.1 Å². The van der Waals surface area contributed by atoms with E-state index < -0.39 is 5.82 Å². The summed E-state index contributed by atoms with van der Waals surface area (Å²) in [5.41, 5.74) is 1.51. The quantitative estimate of drug-likeness (QED) is 0.788. The number of hydrogen-bond acceptors (Lipinski definition) is 3. The van der Waals surface area contributed by atoms with Gasteiger partial charge < -0.3 is 10.1 Å². The van der Waals surface area contributed by atoms with Gasteiger partial charge in [0.1, 0.15) is 0 Å². The van der Waals surface area contributed by atoms with Gasteiger partial charge in [-0.05, 0) is 42.5 Å². The van der Waals surface area contributed by atoms with Gasteiger partial charge in [-0.1, -0.05) is 12.1 Å². The van der Waals surface area contributed by atoms with Crippen LogP contribution in [0.2, 0.25) is 0 Å². The standard InChI is InChI=1S/C17H14FN3O2/c18-15-4-1-2-5-16(15)23-12-17(22)20-13-6-8-14(9-7-13)21-11-3-10-19-21/h1-11H,12H2,(H,20,22). The molecule has 1 N–H and O–H groups in total. The van der Waals surface area contributed by atoms with Crippen LogP contribution in [0.4, 0.5) is 10.1 Å². The smallest absolute Gasteiger partial charge is 0.262 e. The summed E-state index contributed by atoms with van der Waals surface area (Å²) in [5, 5.41) is 6.81. The third-order valence-electron chi connectivity index (χ3n) is 3.12. The lowest BCUT2D eigenvalue weighted by molar-refractivity contribution is -0.118. The first-order valence-corrected chi connectivity index (χ1v) is 6.99. The number of benzene rings is 2. The van der Waals surface area contributed by atoms with Crippen LogP contribution in [0.3, 0.4) is 0 Å². The van der Waals surface area contributed by atoms with Crippen LogP contribution in [0.15, 0.2) is 67.0 Å². The highest BCUT2D eigenvalue weighted by atomic mass is 19.1. The summed E-state index contributed by atoms with van der Waals surface area (Å²) in [7, 11) is 0. The minimum atomic E-state index is -0.496. The summed E-state index contributed by atoms with van der Waals surface area (Å²) in [6, 6.07) is 15.0. The van der Waals surface area contributed by atoms with E-state index in [0.29, 0.717) is 5.69 Å². The molecule has 23 heavy (non-hydrogen) atoms. The number of nitrogens with zero attached hydrogens (tertiary/aromatic N) is 2. The molecule has 1 heterocycles. The fraction of sp³-hybridized carbons (Fsp3) is 0.0588. The number of anilines is 1. The second-order valence-corrected chi connectivity index (χ2v) is 4.76. The molecule has 6 heteroatoms. The zero-order valence-corrected chi connectivity index (χ0v) is 12.1. The highest BCUT2D eigenvalue weighted by molar-refractivity contribution is 5.91. The monoisotopic (exact) mass is 311 g/mol. The van der Waals surface area contributed by atoms with Crippen LogP contribution in [-0.2, 0) is 4.79 Å². The Morgan fingerprint density at radius 3 is 2.61 bits per heavy atom. The SMILES string of the molecule is O=C(COc1ccccc1F)Nc1ccc(-n2cccn2)cc1. The molecule has 0 saturated carbocycles. The maximum Gasteiger partial charge on any atom is 0.262 e. The maximum atomic E-state index is 13.4. The van der Waals surface area contributed by atoms with Crippen molar-refractivity contribution in [2.24, 2.45) is 0 Å². The van der Waals surface area contributed by atoms with Crippen LogP contribution in [0.25, 0.3) is 5.69 Å². The molecule has 0 atom stereocenters. The molecular weight excluding hydrogens is 297 g/mol. The Kier molecular flexibility index (Phi) is 4.33. The number of nitrogens with one attached hydrogen (secondary N) is 1. The van der Waals surface area contributed by atoms with E-state index in [-0.39, 0.29) is 18.3 Å². The average molecular weight is 311 g/mol. The lowest BCUT2D eigenvalue weighted by Gasteiger charge is -2.09. The van der Waals surface area contributed by atoms with E-state index in [0.717, 1.165) is 5.69 Å². The molecule has 0 saturated heterocycles. The number of rotatable bonds is 5. The van der Waals surface area contributed by atoms with Crippen LogP contribution in [0.1, 0.15) is 0 Å². The summed E-state index contributed by atoms with van der Waals surface area (Å²) in [5.74, 6) is -0.805. The Morgan fingerprint density at radius 2 is 1.91 bits per heavy atom. The van der Waals surface area contributed by atoms with Gasteiger partial charge in [0.2, 0.25) is 0 Å². The zero-order valence-electron chi connectivity index (χ0n) is 12.1.